The van der Waals surface area contributed by atoms with E-state index in [1.54, 1.807) is 0 Å². The molecule has 0 saturated carbocycles. The molecule has 3 nitrogen and oxygen atoms in total. The van der Waals surface area contributed by atoms with E-state index >= 15 is 0 Å². The minimum atomic E-state index is -1.04. The number of carbonyl (C=O) groups excluding carboxylic acids is 1. The summed E-state index contributed by atoms with van der Waals surface area (Å²) in [5.41, 5.74) is 0.820. The van der Waals surface area contributed by atoms with Crippen molar-refractivity contribution in [2.75, 3.05) is 0 Å². The van der Waals surface area contributed by atoms with Gasteiger partial charge in [-0.3, -0.25) is 0 Å². The third-order valence-corrected chi connectivity index (χ3v) is 2.85. The Balaban J connectivity index is 0.00000144. The summed E-state index contributed by atoms with van der Waals surface area (Å²) in [6.07, 6.45) is 0.849. The van der Waals surface area contributed by atoms with E-state index in [2.05, 4.69) is 4.98 Å². The number of carboxylic acid groups (broad SMARTS) is 1. The Kier molecular flexibility index (Phi) is 5.31. The molecule has 66 valence electrons. The average Bonchev–Trinajstić information content (AvgIpc) is 2.31. The van der Waals surface area contributed by atoms with Gasteiger partial charge in [0.15, 0.2) is 0 Å². The van der Waals surface area contributed by atoms with E-state index in [9.17, 15) is 9.90 Å². The number of carboxylic acids is 1. The molecule has 0 radical (unpaired) electrons. The Morgan fingerprint density at radius 2 is 2.23 bits per heavy atom. The quantitative estimate of drug-likeness (QED) is 0.489. The zero-order valence-corrected chi connectivity index (χ0v) is 8.90. The fraction of sp³-hybridized carbons (Fsp3) is 0.500. The zero-order chi connectivity index (χ0) is 9.14. The average molecular weight is 191 g/mol. The van der Waals surface area contributed by atoms with Crippen LogP contribution in [0, 0.1) is 6.92 Å². The fourth-order valence-corrected chi connectivity index (χ4v) is 1.93. The molecule has 5 heteroatoms. The van der Waals surface area contributed by atoms with Crippen molar-refractivity contribution in [2.24, 2.45) is 0 Å². The van der Waals surface area contributed by atoms with Crippen LogP contribution in [0.2, 0.25) is 0 Å². The number of hydrogen-bond donors (Lipinski definition) is 0. The van der Waals surface area contributed by atoms with Crippen molar-refractivity contribution in [3.8, 4) is 0 Å². The summed E-state index contributed by atoms with van der Waals surface area (Å²) in [5, 5.41) is 11.3. The smallest absolute Gasteiger partial charge is 0.550 e. The number of aliphatic carboxylic acids is 1. The molecule has 0 N–H and O–H groups in total. The molecule has 0 aliphatic heterocycles. The predicted molar refractivity (Wildman–Crippen MR) is 44.9 cm³/mol. The van der Waals surface area contributed by atoms with Crippen LogP contribution in [0.15, 0.2) is 0 Å². The van der Waals surface area contributed by atoms with Gasteiger partial charge in [-0.15, -0.1) is 11.3 Å². The van der Waals surface area contributed by atoms with Gasteiger partial charge in [0.05, 0.1) is 10.7 Å². The Labute approximate surface area is 93.4 Å². The summed E-state index contributed by atoms with van der Waals surface area (Å²) in [6, 6.07) is 0. The second-order valence-corrected chi connectivity index (χ2v) is 3.69. The van der Waals surface area contributed by atoms with Gasteiger partial charge in [-0.1, -0.05) is 6.92 Å². The standard InChI is InChI=1S/C8H11NO2S.Li/c1-3-7-9-5(2)6(12-7)4-8(10)11;/h3-4H2,1-2H3,(H,10,11);/q;+1/p-1. The first-order valence-corrected chi connectivity index (χ1v) is 4.60. The molecule has 0 aliphatic carbocycles. The zero-order valence-electron chi connectivity index (χ0n) is 8.09. The molecule has 0 spiro atoms. The number of hydrogen-bond acceptors (Lipinski definition) is 4. The largest absolute Gasteiger partial charge is 1.00 e. The van der Waals surface area contributed by atoms with Crippen LogP contribution in [0.1, 0.15) is 22.5 Å². The minimum Gasteiger partial charge on any atom is -0.550 e. The van der Waals surface area contributed by atoms with Gasteiger partial charge in [0.1, 0.15) is 0 Å². The first kappa shape index (κ1) is 12.7. The molecule has 0 saturated heterocycles. The summed E-state index contributed by atoms with van der Waals surface area (Å²) in [6.45, 7) is 3.83. The van der Waals surface area contributed by atoms with Gasteiger partial charge >= 0.3 is 18.9 Å². The minimum absolute atomic E-state index is 0. The number of nitrogens with zero attached hydrogens (tertiary/aromatic N) is 1. The number of aromatic nitrogens is 1. The summed E-state index contributed by atoms with van der Waals surface area (Å²) >= 11 is 1.46. The summed E-state index contributed by atoms with van der Waals surface area (Å²) < 4.78 is 0. The van der Waals surface area contributed by atoms with Gasteiger partial charge in [-0.05, 0) is 13.3 Å². The third-order valence-electron chi connectivity index (χ3n) is 1.54. The van der Waals surface area contributed by atoms with Gasteiger partial charge in [0.2, 0.25) is 0 Å². The van der Waals surface area contributed by atoms with Crippen molar-refractivity contribution < 1.29 is 28.8 Å². The molecule has 0 aliphatic rings. The van der Waals surface area contributed by atoms with E-state index in [4.69, 9.17) is 0 Å². The summed E-state index contributed by atoms with van der Waals surface area (Å²) in [7, 11) is 0. The normalized spacial score (nSPS) is 9.38. The molecule has 1 aromatic rings. The molecule has 0 amide bonds. The van der Waals surface area contributed by atoms with E-state index in [1.807, 2.05) is 13.8 Å². The second kappa shape index (κ2) is 5.43. The van der Waals surface area contributed by atoms with Crippen LogP contribution in [0.4, 0.5) is 0 Å². The topological polar surface area (TPSA) is 53.0 Å². The van der Waals surface area contributed by atoms with Crippen molar-refractivity contribution in [1.29, 1.82) is 0 Å². The Hall–Kier alpha value is -0.303. The first-order valence-electron chi connectivity index (χ1n) is 3.78. The fourth-order valence-electron chi connectivity index (χ4n) is 0.935. The molecule has 1 heterocycles. The van der Waals surface area contributed by atoms with Crippen LogP contribution in [0.3, 0.4) is 0 Å². The molecular weight excluding hydrogens is 181 g/mol. The summed E-state index contributed by atoms with van der Waals surface area (Å²) in [4.78, 5) is 15.3. The van der Waals surface area contributed by atoms with E-state index < -0.39 is 5.97 Å². The number of aryl methyl sites for hydroxylation is 2. The molecule has 13 heavy (non-hydrogen) atoms. The van der Waals surface area contributed by atoms with Crippen molar-refractivity contribution >= 4 is 17.3 Å². The van der Waals surface area contributed by atoms with E-state index in [-0.39, 0.29) is 25.3 Å². The molecule has 0 bridgehead atoms. The molecular formula is C8H10LiNO2S. The number of thiazole rings is 1. The van der Waals surface area contributed by atoms with Crippen LogP contribution >= 0.6 is 11.3 Å². The monoisotopic (exact) mass is 191 g/mol. The van der Waals surface area contributed by atoms with Crippen molar-refractivity contribution in [3.05, 3.63) is 15.6 Å². The van der Waals surface area contributed by atoms with Crippen molar-refractivity contribution in [1.82, 2.24) is 4.98 Å². The van der Waals surface area contributed by atoms with Crippen molar-refractivity contribution in [2.45, 2.75) is 26.7 Å². The Bertz CT molecular complexity index is 298. The molecule has 0 atom stereocenters. The van der Waals surface area contributed by atoms with Gasteiger partial charge < -0.3 is 9.90 Å². The van der Waals surface area contributed by atoms with Crippen molar-refractivity contribution in [3.63, 3.8) is 0 Å². The van der Waals surface area contributed by atoms with Crippen LogP contribution in [0.5, 0.6) is 0 Å². The van der Waals surface area contributed by atoms with Gasteiger partial charge in [-0.2, -0.15) is 0 Å². The second-order valence-electron chi connectivity index (χ2n) is 2.52. The van der Waals surface area contributed by atoms with Crippen LogP contribution in [-0.2, 0) is 17.6 Å². The number of rotatable bonds is 3. The Morgan fingerprint density at radius 1 is 1.62 bits per heavy atom. The van der Waals surface area contributed by atoms with E-state index in [1.165, 1.54) is 11.3 Å². The summed E-state index contributed by atoms with van der Waals surface area (Å²) in [5.74, 6) is -1.04. The molecule has 0 unspecified atom stereocenters. The van der Waals surface area contributed by atoms with Crippen LogP contribution in [0.25, 0.3) is 0 Å². The molecule has 0 fully saturated rings. The van der Waals surface area contributed by atoms with E-state index in [0.717, 1.165) is 22.0 Å². The molecule has 1 rings (SSSR count). The van der Waals surface area contributed by atoms with Gasteiger partial charge in [-0.25, -0.2) is 4.98 Å². The van der Waals surface area contributed by atoms with Crippen LogP contribution < -0.4 is 24.0 Å². The molecule has 0 aromatic carbocycles. The van der Waals surface area contributed by atoms with Gasteiger partial charge in [0, 0.05) is 17.3 Å². The SMILES string of the molecule is CCc1nc(C)c(CC(=O)[O-])s1.[Li+]. The van der Waals surface area contributed by atoms with Gasteiger partial charge in [0.25, 0.3) is 0 Å². The maximum absolute atomic E-state index is 10.3. The maximum Gasteiger partial charge on any atom is 1.00 e. The number of carbonyl (C=O) groups is 1. The van der Waals surface area contributed by atoms with E-state index in [0.29, 0.717) is 0 Å². The first-order chi connectivity index (χ1) is 5.63. The maximum atomic E-state index is 10.3. The van der Waals surface area contributed by atoms with Crippen LogP contribution in [-0.4, -0.2) is 11.0 Å². The Morgan fingerprint density at radius 3 is 2.62 bits per heavy atom. The predicted octanol–water partition coefficient (Wildman–Crippen LogP) is -2.69. The third kappa shape index (κ3) is 3.51. The molecule has 1 aromatic heterocycles.